The van der Waals surface area contributed by atoms with Crippen molar-refractivity contribution in [3.63, 3.8) is 0 Å². The first-order chi connectivity index (χ1) is 17.9. The predicted octanol–water partition coefficient (Wildman–Crippen LogP) is 5.11. The van der Waals surface area contributed by atoms with E-state index in [2.05, 4.69) is 15.3 Å². The number of nitrogens with one attached hydrogen (secondary N) is 2. The second-order valence-electron chi connectivity index (χ2n) is 8.36. The van der Waals surface area contributed by atoms with Crippen LogP contribution in [0.2, 0.25) is 0 Å². The van der Waals surface area contributed by atoms with Crippen molar-refractivity contribution in [2.75, 3.05) is 11.1 Å². The molecule has 1 unspecified atom stereocenters. The number of rotatable bonds is 7. The molecule has 0 saturated heterocycles. The van der Waals surface area contributed by atoms with Crippen molar-refractivity contribution >= 4 is 39.7 Å². The lowest BCUT2D eigenvalue weighted by Gasteiger charge is -2.20. The number of aliphatic hydroxyl groups is 1. The number of nitrogen functional groups attached to an aromatic ring is 1. The maximum atomic E-state index is 14.1. The van der Waals surface area contributed by atoms with Gasteiger partial charge >= 0.3 is 0 Å². The Balaban J connectivity index is 1.62. The molecule has 5 aromatic rings. The summed E-state index contributed by atoms with van der Waals surface area (Å²) in [5.74, 6) is 0.163. The van der Waals surface area contributed by atoms with Gasteiger partial charge in [-0.2, -0.15) is 0 Å². The van der Waals surface area contributed by atoms with E-state index in [0.717, 1.165) is 0 Å². The topological polar surface area (TPSA) is 138 Å². The summed E-state index contributed by atoms with van der Waals surface area (Å²) in [4.78, 5) is 22.6. The van der Waals surface area contributed by atoms with Gasteiger partial charge in [-0.3, -0.25) is 10.2 Å². The molecule has 10 heteroatoms. The summed E-state index contributed by atoms with van der Waals surface area (Å²) in [6.45, 7) is 1.64. The van der Waals surface area contributed by atoms with E-state index < -0.39 is 11.9 Å². The van der Waals surface area contributed by atoms with Gasteiger partial charge in [0.25, 0.3) is 0 Å². The molecular weight excluding hydrogens is 493 g/mol. The van der Waals surface area contributed by atoms with E-state index in [9.17, 15) is 14.3 Å². The summed E-state index contributed by atoms with van der Waals surface area (Å²) >= 11 is 1.33. The van der Waals surface area contributed by atoms with E-state index in [1.165, 1.54) is 35.9 Å². The van der Waals surface area contributed by atoms with E-state index in [1.54, 1.807) is 48.7 Å². The van der Waals surface area contributed by atoms with E-state index >= 15 is 0 Å². The van der Waals surface area contributed by atoms with Gasteiger partial charge in [-0.25, -0.2) is 14.4 Å². The Morgan fingerprint density at radius 2 is 2.03 bits per heavy atom. The minimum Gasteiger partial charge on any atom is -0.458 e. The fourth-order valence-electron chi connectivity index (χ4n) is 4.15. The van der Waals surface area contributed by atoms with Gasteiger partial charge in [0.15, 0.2) is 0 Å². The van der Waals surface area contributed by atoms with Crippen LogP contribution in [0.1, 0.15) is 34.7 Å². The maximum Gasteiger partial charge on any atom is 0.200 e. The van der Waals surface area contributed by atoms with E-state index in [-0.39, 0.29) is 46.3 Å². The zero-order valence-corrected chi connectivity index (χ0v) is 20.5. The summed E-state index contributed by atoms with van der Waals surface area (Å²) in [6.07, 6.45) is 1.28. The molecule has 8 nitrogen and oxygen atoms in total. The molecular formula is C27H22FN5O3S. The number of benzene rings is 2. The fourth-order valence-corrected chi connectivity index (χ4v) is 4.88. The van der Waals surface area contributed by atoms with Crippen molar-refractivity contribution in [3.05, 3.63) is 104 Å². The third-order valence-electron chi connectivity index (χ3n) is 5.91. The molecule has 0 amide bonds. The molecule has 0 spiro atoms. The van der Waals surface area contributed by atoms with Crippen molar-refractivity contribution < 1.29 is 13.9 Å². The van der Waals surface area contributed by atoms with Crippen molar-refractivity contribution in [1.82, 2.24) is 9.97 Å². The smallest absolute Gasteiger partial charge is 0.200 e. The number of fused-ring (bicyclic) bond motifs is 1. The summed E-state index contributed by atoms with van der Waals surface area (Å²) in [6, 6.07) is 13.7. The number of nitrogens with zero attached hydrogens (tertiary/aromatic N) is 2. The van der Waals surface area contributed by atoms with Crippen LogP contribution < -0.4 is 16.5 Å². The Hall–Kier alpha value is -4.41. The number of aromatic nitrogens is 2. The molecule has 5 N–H and O–H groups in total. The second-order valence-corrected chi connectivity index (χ2v) is 9.36. The van der Waals surface area contributed by atoms with Crippen LogP contribution in [0.25, 0.3) is 22.1 Å². The summed E-state index contributed by atoms with van der Waals surface area (Å²) < 4.78 is 20.3. The predicted molar refractivity (Wildman–Crippen MR) is 143 cm³/mol. The number of hydrogen-bond donors (Lipinski definition) is 4. The van der Waals surface area contributed by atoms with Gasteiger partial charge in [0.1, 0.15) is 35.1 Å². The zero-order chi connectivity index (χ0) is 26.1. The van der Waals surface area contributed by atoms with Crippen molar-refractivity contribution in [2.45, 2.75) is 19.6 Å². The Bertz CT molecular complexity index is 1700. The van der Waals surface area contributed by atoms with Crippen LogP contribution in [0, 0.1) is 11.2 Å². The van der Waals surface area contributed by atoms with Crippen molar-refractivity contribution in [3.8, 4) is 11.1 Å². The van der Waals surface area contributed by atoms with Gasteiger partial charge in [0.2, 0.25) is 5.43 Å². The average molecular weight is 516 g/mol. The Morgan fingerprint density at radius 1 is 1.22 bits per heavy atom. The normalized spacial score (nSPS) is 12.0. The number of halogens is 1. The van der Waals surface area contributed by atoms with Gasteiger partial charge in [-0.05, 0) is 42.8 Å². The molecule has 3 heterocycles. The quantitative estimate of drug-likeness (QED) is 0.221. The average Bonchev–Trinajstić information content (AvgIpc) is 3.38. The minimum atomic E-state index is -0.632. The molecule has 2 aromatic carbocycles. The number of anilines is 2. The largest absolute Gasteiger partial charge is 0.458 e. The third-order valence-corrected chi connectivity index (χ3v) is 6.83. The lowest BCUT2D eigenvalue weighted by molar-refractivity contribution is 0.285. The second kappa shape index (κ2) is 9.92. The summed E-state index contributed by atoms with van der Waals surface area (Å²) in [7, 11) is 0. The maximum absolute atomic E-state index is 14.1. The Morgan fingerprint density at radius 3 is 2.78 bits per heavy atom. The first kappa shape index (κ1) is 24.3. The molecule has 0 aliphatic heterocycles. The third kappa shape index (κ3) is 4.59. The first-order valence-corrected chi connectivity index (χ1v) is 12.2. The highest BCUT2D eigenvalue weighted by atomic mass is 32.1. The highest BCUT2D eigenvalue weighted by Gasteiger charge is 2.24. The van der Waals surface area contributed by atoms with Gasteiger partial charge in [-0.15, -0.1) is 11.3 Å². The molecule has 0 aliphatic carbocycles. The molecule has 37 heavy (non-hydrogen) atoms. The fraction of sp³-hybridized carbons (Fsp3) is 0.111. The SMILES string of the molecule is CC(Nc1ncnc(N)c1C(=N)c1csc(CO)c1)c1oc2ccccc2c(=O)c1-c1cccc(F)c1. The molecule has 0 bridgehead atoms. The lowest BCUT2D eigenvalue weighted by Crippen LogP contribution is -2.18. The molecule has 0 saturated carbocycles. The number of hydrogen-bond acceptors (Lipinski definition) is 9. The Labute approximate surface area is 214 Å². The van der Waals surface area contributed by atoms with E-state index in [1.807, 2.05) is 0 Å². The van der Waals surface area contributed by atoms with Crippen molar-refractivity contribution in [1.29, 1.82) is 5.41 Å². The highest BCUT2D eigenvalue weighted by molar-refractivity contribution is 7.10. The molecule has 5 rings (SSSR count). The monoisotopic (exact) mass is 515 g/mol. The van der Waals surface area contributed by atoms with Gasteiger partial charge < -0.3 is 20.6 Å². The first-order valence-electron chi connectivity index (χ1n) is 11.3. The minimum absolute atomic E-state index is 0.0778. The summed E-state index contributed by atoms with van der Waals surface area (Å²) in [5, 5.41) is 23.5. The van der Waals surface area contributed by atoms with Crippen LogP contribution in [0.4, 0.5) is 16.0 Å². The van der Waals surface area contributed by atoms with Crippen LogP contribution in [0.5, 0.6) is 0 Å². The number of aliphatic hydroxyl groups excluding tert-OH is 1. The van der Waals surface area contributed by atoms with Crippen LogP contribution in [0.15, 0.2) is 75.5 Å². The lowest BCUT2D eigenvalue weighted by atomic mass is 9.98. The van der Waals surface area contributed by atoms with Crippen LogP contribution >= 0.6 is 11.3 Å². The number of thiophene rings is 1. The molecule has 0 radical (unpaired) electrons. The Kier molecular flexibility index (Phi) is 6.51. The standard InChI is InChI=1S/C27H22FN5O3S/c1-14(33-27-22(26(30)31-13-32-27)23(29)16-10-18(11-34)37-12-16)25-21(15-5-4-6-17(28)9-15)24(35)19-7-2-3-8-20(19)36-25/h2-10,12-14,29,34H,11H2,1H3,(H3,30,31,32,33). The highest BCUT2D eigenvalue weighted by Crippen LogP contribution is 2.33. The molecule has 3 aromatic heterocycles. The van der Waals surface area contributed by atoms with Crippen LogP contribution in [-0.4, -0.2) is 20.8 Å². The van der Waals surface area contributed by atoms with Gasteiger partial charge in [0.05, 0.1) is 34.9 Å². The van der Waals surface area contributed by atoms with Crippen molar-refractivity contribution in [2.24, 2.45) is 0 Å². The van der Waals surface area contributed by atoms with Crippen LogP contribution in [-0.2, 0) is 6.61 Å². The molecule has 186 valence electrons. The van der Waals surface area contributed by atoms with E-state index in [4.69, 9.17) is 15.6 Å². The van der Waals surface area contributed by atoms with Gasteiger partial charge in [0, 0.05) is 15.8 Å². The molecule has 0 fully saturated rings. The van der Waals surface area contributed by atoms with Crippen LogP contribution in [0.3, 0.4) is 0 Å². The number of para-hydroxylation sites is 1. The zero-order valence-electron chi connectivity index (χ0n) is 19.7. The summed E-state index contributed by atoms with van der Waals surface area (Å²) in [5.41, 5.74) is 7.77. The van der Waals surface area contributed by atoms with E-state index in [0.29, 0.717) is 27.0 Å². The van der Waals surface area contributed by atoms with Gasteiger partial charge in [-0.1, -0.05) is 24.3 Å². The molecule has 1 atom stereocenters. The number of nitrogens with two attached hydrogens (primary N) is 1. The molecule has 0 aliphatic rings.